The lowest BCUT2D eigenvalue weighted by molar-refractivity contribution is 0.305. The molecule has 1 aromatic heterocycles. The minimum absolute atomic E-state index is 0.0825. The summed E-state index contributed by atoms with van der Waals surface area (Å²) in [5.74, 6) is 0.802. The van der Waals surface area contributed by atoms with Crippen LogP contribution >= 0.6 is 11.6 Å². The molecule has 0 amide bonds. The lowest BCUT2D eigenvalue weighted by atomic mass is 10.1. The number of hydrogen-bond acceptors (Lipinski definition) is 3. The van der Waals surface area contributed by atoms with Gasteiger partial charge in [-0.3, -0.25) is 4.68 Å². The summed E-state index contributed by atoms with van der Waals surface area (Å²) in [4.78, 5) is 0. The zero-order valence-corrected chi connectivity index (χ0v) is 12.8. The van der Waals surface area contributed by atoms with Gasteiger partial charge in [0, 0.05) is 18.7 Å². The first-order chi connectivity index (χ1) is 9.52. The van der Waals surface area contributed by atoms with E-state index in [1.807, 2.05) is 38.2 Å². The quantitative estimate of drug-likeness (QED) is 0.919. The number of nitrogens with two attached hydrogens (primary N) is 1. The van der Waals surface area contributed by atoms with E-state index in [4.69, 9.17) is 22.1 Å². The first-order valence-electron chi connectivity index (χ1n) is 6.69. The highest BCUT2D eigenvalue weighted by Gasteiger charge is 2.11. The van der Waals surface area contributed by atoms with Crippen molar-refractivity contribution in [3.8, 4) is 5.75 Å². The molecule has 0 aliphatic heterocycles. The largest absolute Gasteiger partial charge is 0.489 e. The summed E-state index contributed by atoms with van der Waals surface area (Å²) < 4.78 is 7.41. The third kappa shape index (κ3) is 3.14. The van der Waals surface area contributed by atoms with Crippen molar-refractivity contribution in [3.05, 3.63) is 46.2 Å². The van der Waals surface area contributed by atoms with E-state index in [-0.39, 0.29) is 6.04 Å². The molecule has 2 rings (SSSR count). The van der Waals surface area contributed by atoms with Crippen LogP contribution in [0.1, 0.15) is 36.2 Å². The summed E-state index contributed by atoms with van der Waals surface area (Å²) >= 11 is 6.17. The van der Waals surface area contributed by atoms with Gasteiger partial charge in [-0.1, -0.05) is 30.7 Å². The molecule has 1 heterocycles. The van der Waals surface area contributed by atoms with Gasteiger partial charge in [0.2, 0.25) is 0 Å². The third-order valence-corrected chi connectivity index (χ3v) is 3.87. The fraction of sp³-hybridized carbons (Fsp3) is 0.400. The molecule has 4 nitrogen and oxygen atoms in total. The highest BCUT2D eigenvalue weighted by Crippen LogP contribution is 2.22. The number of rotatable bonds is 5. The Morgan fingerprint density at radius 1 is 1.35 bits per heavy atom. The first-order valence-corrected chi connectivity index (χ1v) is 7.07. The molecule has 0 bridgehead atoms. The maximum Gasteiger partial charge on any atom is 0.133 e. The Hall–Kier alpha value is -1.52. The molecule has 0 saturated heterocycles. The number of hydrogen-bond donors (Lipinski definition) is 1. The van der Waals surface area contributed by atoms with Gasteiger partial charge in [-0.2, -0.15) is 5.10 Å². The number of aromatic nitrogens is 2. The SMILES string of the molecule is CC[C@@H](N)c1ccc(OCc2c(C)nn(C)c2Cl)cc1. The number of halogens is 1. The summed E-state index contributed by atoms with van der Waals surface area (Å²) in [6.07, 6.45) is 0.921. The van der Waals surface area contributed by atoms with Crippen molar-refractivity contribution < 1.29 is 4.74 Å². The summed E-state index contributed by atoms with van der Waals surface area (Å²) in [6, 6.07) is 7.95. The minimum Gasteiger partial charge on any atom is -0.489 e. The topological polar surface area (TPSA) is 53.1 Å². The zero-order chi connectivity index (χ0) is 14.7. The normalized spacial score (nSPS) is 12.4. The van der Waals surface area contributed by atoms with Crippen molar-refractivity contribution in [2.45, 2.75) is 32.9 Å². The molecule has 0 unspecified atom stereocenters. The van der Waals surface area contributed by atoms with Gasteiger partial charge in [0.05, 0.1) is 5.69 Å². The average molecular weight is 294 g/mol. The Kier molecular flexibility index (Phi) is 4.68. The molecule has 2 aromatic rings. The Labute approximate surface area is 124 Å². The third-order valence-electron chi connectivity index (χ3n) is 3.40. The predicted molar refractivity (Wildman–Crippen MR) is 80.9 cm³/mol. The van der Waals surface area contributed by atoms with E-state index in [2.05, 4.69) is 12.0 Å². The average Bonchev–Trinajstić information content (AvgIpc) is 2.70. The monoisotopic (exact) mass is 293 g/mol. The molecule has 0 saturated carbocycles. The van der Waals surface area contributed by atoms with Gasteiger partial charge in [0.25, 0.3) is 0 Å². The van der Waals surface area contributed by atoms with Gasteiger partial charge >= 0.3 is 0 Å². The number of nitrogens with zero attached hydrogens (tertiary/aromatic N) is 2. The Morgan fingerprint density at radius 2 is 2.00 bits per heavy atom. The molecule has 20 heavy (non-hydrogen) atoms. The standard InChI is InChI=1S/C15H20ClN3O/c1-4-14(17)11-5-7-12(8-6-11)20-9-13-10(2)18-19(3)15(13)16/h5-8,14H,4,9,17H2,1-3H3/t14-/m1/s1. The van der Waals surface area contributed by atoms with Crippen LogP contribution in [0.4, 0.5) is 0 Å². The highest BCUT2D eigenvalue weighted by molar-refractivity contribution is 6.30. The molecule has 2 N–H and O–H groups in total. The van der Waals surface area contributed by atoms with Crippen LogP contribution in [-0.2, 0) is 13.7 Å². The van der Waals surface area contributed by atoms with Gasteiger partial charge in [-0.25, -0.2) is 0 Å². The fourth-order valence-corrected chi connectivity index (χ4v) is 2.27. The van der Waals surface area contributed by atoms with E-state index in [1.165, 1.54) is 0 Å². The van der Waals surface area contributed by atoms with Crippen LogP contribution in [0.2, 0.25) is 5.15 Å². The van der Waals surface area contributed by atoms with Crippen LogP contribution in [-0.4, -0.2) is 9.78 Å². The Balaban J connectivity index is 2.04. The van der Waals surface area contributed by atoms with Crippen molar-refractivity contribution in [2.24, 2.45) is 12.8 Å². The lowest BCUT2D eigenvalue weighted by Crippen LogP contribution is -2.08. The molecule has 1 atom stereocenters. The summed E-state index contributed by atoms with van der Waals surface area (Å²) in [7, 11) is 1.82. The van der Waals surface area contributed by atoms with Crippen molar-refractivity contribution in [2.75, 3.05) is 0 Å². The van der Waals surface area contributed by atoms with Crippen LogP contribution in [0, 0.1) is 6.92 Å². The molecule has 108 valence electrons. The zero-order valence-electron chi connectivity index (χ0n) is 12.1. The number of benzene rings is 1. The van der Waals surface area contributed by atoms with Crippen molar-refractivity contribution >= 4 is 11.6 Å². The minimum atomic E-state index is 0.0825. The van der Waals surface area contributed by atoms with Gasteiger partial charge in [-0.15, -0.1) is 0 Å². The number of aryl methyl sites for hydroxylation is 2. The van der Waals surface area contributed by atoms with E-state index in [0.29, 0.717) is 11.8 Å². The predicted octanol–water partition coefficient (Wildman–Crippen LogP) is 3.37. The Bertz CT molecular complexity index is 578. The summed E-state index contributed by atoms with van der Waals surface area (Å²) in [5, 5.41) is 4.88. The first kappa shape index (κ1) is 14.9. The van der Waals surface area contributed by atoms with E-state index in [9.17, 15) is 0 Å². The molecule has 0 aliphatic rings. The molecular formula is C15H20ClN3O. The van der Waals surface area contributed by atoms with Crippen molar-refractivity contribution in [1.29, 1.82) is 0 Å². The van der Waals surface area contributed by atoms with Crippen LogP contribution in [0.5, 0.6) is 5.75 Å². The second-order valence-electron chi connectivity index (χ2n) is 4.85. The molecule has 5 heteroatoms. The molecule has 0 fully saturated rings. The van der Waals surface area contributed by atoms with Gasteiger partial charge in [0.1, 0.15) is 17.5 Å². The number of ether oxygens (including phenoxy) is 1. The van der Waals surface area contributed by atoms with E-state index < -0.39 is 0 Å². The maximum atomic E-state index is 6.17. The summed E-state index contributed by atoms with van der Waals surface area (Å²) in [6.45, 7) is 4.41. The molecule has 0 aliphatic carbocycles. The molecule has 0 spiro atoms. The Morgan fingerprint density at radius 3 is 2.50 bits per heavy atom. The van der Waals surface area contributed by atoms with E-state index >= 15 is 0 Å². The van der Waals surface area contributed by atoms with Crippen molar-refractivity contribution in [3.63, 3.8) is 0 Å². The van der Waals surface area contributed by atoms with Crippen molar-refractivity contribution in [1.82, 2.24) is 9.78 Å². The second-order valence-corrected chi connectivity index (χ2v) is 5.21. The van der Waals surface area contributed by atoms with Gasteiger partial charge in [0.15, 0.2) is 0 Å². The van der Waals surface area contributed by atoms with Crippen LogP contribution < -0.4 is 10.5 Å². The molecule has 1 aromatic carbocycles. The van der Waals surface area contributed by atoms with Crippen LogP contribution in [0.25, 0.3) is 0 Å². The van der Waals surface area contributed by atoms with Gasteiger partial charge in [-0.05, 0) is 31.0 Å². The molecular weight excluding hydrogens is 274 g/mol. The van der Waals surface area contributed by atoms with Gasteiger partial charge < -0.3 is 10.5 Å². The lowest BCUT2D eigenvalue weighted by Gasteiger charge is -2.11. The van der Waals surface area contributed by atoms with E-state index in [0.717, 1.165) is 29.0 Å². The maximum absolute atomic E-state index is 6.17. The summed E-state index contributed by atoms with van der Waals surface area (Å²) in [5.41, 5.74) is 8.91. The fourth-order valence-electron chi connectivity index (χ4n) is 2.04. The van der Waals surface area contributed by atoms with E-state index in [1.54, 1.807) is 4.68 Å². The smallest absolute Gasteiger partial charge is 0.133 e. The van der Waals surface area contributed by atoms with Crippen LogP contribution in [0.3, 0.4) is 0 Å². The highest BCUT2D eigenvalue weighted by atomic mass is 35.5. The molecule has 0 radical (unpaired) electrons. The van der Waals surface area contributed by atoms with Crippen LogP contribution in [0.15, 0.2) is 24.3 Å². The second kappa shape index (κ2) is 6.29.